The number of carboxylic acid groups (broad SMARTS) is 1. The quantitative estimate of drug-likeness (QED) is 0.794. The fourth-order valence-corrected chi connectivity index (χ4v) is 1.36. The van der Waals surface area contributed by atoms with Gasteiger partial charge >= 0.3 is 5.97 Å². The summed E-state index contributed by atoms with van der Waals surface area (Å²) in [5.41, 5.74) is 5.89. The molecule has 0 aromatic carbocycles. The Bertz CT molecular complexity index is 563. The van der Waals surface area contributed by atoms with Gasteiger partial charge in [0.25, 0.3) is 5.78 Å². The Morgan fingerprint density at radius 2 is 2.24 bits per heavy atom. The SMILES string of the molecule is CC(C)c1nc2ncc(C(N)C(=O)O)cn2n1. The molecule has 2 heterocycles. The third kappa shape index (κ3) is 2.09. The number of fused-ring (bicyclic) bond motifs is 1. The summed E-state index contributed by atoms with van der Waals surface area (Å²) >= 11 is 0. The van der Waals surface area contributed by atoms with Gasteiger partial charge in [0, 0.05) is 23.9 Å². The zero-order chi connectivity index (χ0) is 12.6. The van der Waals surface area contributed by atoms with Gasteiger partial charge in [-0.3, -0.25) is 4.79 Å². The summed E-state index contributed by atoms with van der Waals surface area (Å²) in [5.74, 6) is 0.192. The fraction of sp³-hybridized carbons (Fsp3) is 0.400. The van der Waals surface area contributed by atoms with Crippen molar-refractivity contribution in [2.45, 2.75) is 25.8 Å². The third-order valence-electron chi connectivity index (χ3n) is 2.37. The van der Waals surface area contributed by atoms with Crippen molar-refractivity contribution in [1.82, 2.24) is 19.6 Å². The van der Waals surface area contributed by atoms with Gasteiger partial charge < -0.3 is 10.8 Å². The van der Waals surface area contributed by atoms with Gasteiger partial charge in [0.1, 0.15) is 6.04 Å². The molecule has 7 heteroatoms. The molecule has 0 amide bonds. The van der Waals surface area contributed by atoms with Gasteiger partial charge in [-0.15, -0.1) is 5.10 Å². The Kier molecular flexibility index (Phi) is 2.76. The van der Waals surface area contributed by atoms with Crippen LogP contribution in [-0.2, 0) is 4.79 Å². The Morgan fingerprint density at radius 3 is 2.82 bits per heavy atom. The smallest absolute Gasteiger partial charge is 0.325 e. The van der Waals surface area contributed by atoms with E-state index >= 15 is 0 Å². The molecule has 1 unspecified atom stereocenters. The van der Waals surface area contributed by atoms with Crippen LogP contribution in [0.2, 0.25) is 0 Å². The normalized spacial score (nSPS) is 13.2. The van der Waals surface area contributed by atoms with Crippen LogP contribution < -0.4 is 5.73 Å². The first-order valence-corrected chi connectivity index (χ1v) is 5.19. The zero-order valence-electron chi connectivity index (χ0n) is 9.53. The summed E-state index contributed by atoms with van der Waals surface area (Å²) in [6.45, 7) is 3.94. The molecule has 0 bridgehead atoms. The predicted molar refractivity (Wildman–Crippen MR) is 59.4 cm³/mol. The van der Waals surface area contributed by atoms with E-state index in [0.717, 1.165) is 0 Å². The van der Waals surface area contributed by atoms with Crippen molar-refractivity contribution in [3.63, 3.8) is 0 Å². The standard InChI is InChI=1S/C10H13N5O2/c1-5(2)8-13-10-12-3-6(4-15(10)14-8)7(11)9(16)17/h3-5,7H,11H2,1-2H3,(H,16,17). The molecule has 0 aliphatic rings. The summed E-state index contributed by atoms with van der Waals surface area (Å²) in [5, 5.41) is 13.0. The van der Waals surface area contributed by atoms with Gasteiger partial charge in [0.15, 0.2) is 5.82 Å². The van der Waals surface area contributed by atoms with E-state index in [9.17, 15) is 4.79 Å². The van der Waals surface area contributed by atoms with Crippen LogP contribution in [0.25, 0.3) is 5.78 Å². The monoisotopic (exact) mass is 235 g/mol. The molecule has 1 atom stereocenters. The predicted octanol–water partition coefficient (Wildman–Crippen LogP) is 0.332. The lowest BCUT2D eigenvalue weighted by Gasteiger charge is -2.05. The Hall–Kier alpha value is -2.02. The minimum Gasteiger partial charge on any atom is -0.480 e. The highest BCUT2D eigenvalue weighted by molar-refractivity contribution is 5.74. The van der Waals surface area contributed by atoms with Crippen LogP contribution in [0.5, 0.6) is 0 Å². The summed E-state index contributed by atoms with van der Waals surface area (Å²) in [6, 6.07) is -1.10. The second kappa shape index (κ2) is 4.10. The Labute approximate surface area is 97.3 Å². The summed E-state index contributed by atoms with van der Waals surface area (Å²) in [7, 11) is 0. The molecule has 2 aromatic rings. The maximum atomic E-state index is 10.8. The molecular formula is C10H13N5O2. The number of nitrogens with two attached hydrogens (primary N) is 1. The van der Waals surface area contributed by atoms with Crippen LogP contribution in [0, 0.1) is 0 Å². The summed E-state index contributed by atoms with van der Waals surface area (Å²) in [6.07, 6.45) is 2.95. The van der Waals surface area contributed by atoms with Crippen molar-refractivity contribution in [3.8, 4) is 0 Å². The molecule has 7 nitrogen and oxygen atoms in total. The zero-order valence-corrected chi connectivity index (χ0v) is 9.53. The van der Waals surface area contributed by atoms with Gasteiger partial charge in [-0.1, -0.05) is 13.8 Å². The highest BCUT2D eigenvalue weighted by Crippen LogP contribution is 2.13. The van der Waals surface area contributed by atoms with E-state index in [-0.39, 0.29) is 5.92 Å². The van der Waals surface area contributed by atoms with Crippen LogP contribution in [0.1, 0.15) is 37.2 Å². The van der Waals surface area contributed by atoms with Crippen molar-refractivity contribution >= 4 is 11.7 Å². The number of nitrogens with zero attached hydrogens (tertiary/aromatic N) is 4. The number of hydrogen-bond donors (Lipinski definition) is 2. The van der Waals surface area contributed by atoms with Crippen molar-refractivity contribution in [1.29, 1.82) is 0 Å². The Balaban J connectivity index is 2.46. The van der Waals surface area contributed by atoms with Gasteiger partial charge in [-0.2, -0.15) is 4.98 Å². The highest BCUT2D eigenvalue weighted by atomic mass is 16.4. The van der Waals surface area contributed by atoms with E-state index in [2.05, 4.69) is 15.1 Å². The average molecular weight is 235 g/mol. The first-order valence-electron chi connectivity index (χ1n) is 5.19. The third-order valence-corrected chi connectivity index (χ3v) is 2.37. The van der Waals surface area contributed by atoms with Gasteiger partial charge in [-0.05, 0) is 0 Å². The van der Waals surface area contributed by atoms with E-state index in [1.807, 2.05) is 13.8 Å². The molecule has 2 aromatic heterocycles. The van der Waals surface area contributed by atoms with Gasteiger partial charge in [0.2, 0.25) is 0 Å². The number of carboxylic acids is 1. The molecule has 0 aliphatic heterocycles. The second-order valence-corrected chi connectivity index (χ2v) is 4.07. The van der Waals surface area contributed by atoms with E-state index in [1.54, 1.807) is 6.20 Å². The first-order chi connectivity index (χ1) is 7.99. The molecule has 3 N–H and O–H groups in total. The Morgan fingerprint density at radius 1 is 1.53 bits per heavy atom. The van der Waals surface area contributed by atoms with Crippen molar-refractivity contribution in [2.75, 3.05) is 0 Å². The second-order valence-electron chi connectivity index (χ2n) is 4.07. The molecule has 0 aliphatic carbocycles. The van der Waals surface area contributed by atoms with E-state index in [1.165, 1.54) is 10.7 Å². The van der Waals surface area contributed by atoms with E-state index in [0.29, 0.717) is 17.2 Å². The van der Waals surface area contributed by atoms with Gasteiger partial charge in [0.05, 0.1) is 0 Å². The van der Waals surface area contributed by atoms with Crippen LogP contribution in [-0.4, -0.2) is 30.7 Å². The largest absolute Gasteiger partial charge is 0.480 e. The van der Waals surface area contributed by atoms with Crippen LogP contribution in [0.15, 0.2) is 12.4 Å². The van der Waals surface area contributed by atoms with Crippen molar-refractivity contribution in [2.24, 2.45) is 5.73 Å². The maximum Gasteiger partial charge on any atom is 0.325 e. The maximum absolute atomic E-state index is 10.8. The average Bonchev–Trinajstić information content (AvgIpc) is 2.70. The molecule has 0 fully saturated rings. The summed E-state index contributed by atoms with van der Waals surface area (Å²) in [4.78, 5) is 19.0. The molecular weight excluding hydrogens is 222 g/mol. The lowest BCUT2D eigenvalue weighted by molar-refractivity contribution is -0.138. The lowest BCUT2D eigenvalue weighted by Crippen LogP contribution is -2.21. The molecule has 0 radical (unpaired) electrons. The molecule has 0 spiro atoms. The van der Waals surface area contributed by atoms with Crippen LogP contribution in [0.3, 0.4) is 0 Å². The number of hydrogen-bond acceptors (Lipinski definition) is 5. The molecule has 0 saturated carbocycles. The first kappa shape index (κ1) is 11.5. The van der Waals surface area contributed by atoms with E-state index < -0.39 is 12.0 Å². The van der Waals surface area contributed by atoms with Crippen LogP contribution in [0.4, 0.5) is 0 Å². The highest BCUT2D eigenvalue weighted by Gasteiger charge is 2.16. The number of aliphatic carboxylic acids is 1. The van der Waals surface area contributed by atoms with Crippen molar-refractivity contribution in [3.05, 3.63) is 23.8 Å². The van der Waals surface area contributed by atoms with Crippen LogP contribution >= 0.6 is 0 Å². The molecule has 2 rings (SSSR count). The van der Waals surface area contributed by atoms with Crippen molar-refractivity contribution < 1.29 is 9.90 Å². The number of carbonyl (C=O) groups is 1. The summed E-state index contributed by atoms with van der Waals surface area (Å²) < 4.78 is 1.45. The number of aromatic nitrogens is 4. The molecule has 90 valence electrons. The lowest BCUT2D eigenvalue weighted by atomic mass is 10.2. The topological polar surface area (TPSA) is 106 Å². The van der Waals surface area contributed by atoms with E-state index in [4.69, 9.17) is 10.8 Å². The van der Waals surface area contributed by atoms with Gasteiger partial charge in [-0.25, -0.2) is 9.50 Å². The molecule has 0 saturated heterocycles. The number of rotatable bonds is 3. The minimum absolute atomic E-state index is 0.188. The fourth-order valence-electron chi connectivity index (χ4n) is 1.36. The molecule has 17 heavy (non-hydrogen) atoms. The minimum atomic E-state index is -1.10.